The Labute approximate surface area is 120 Å². The first-order valence-corrected chi connectivity index (χ1v) is 6.99. The quantitative estimate of drug-likeness (QED) is 0.829. The molecule has 0 aliphatic heterocycles. The van der Waals surface area contributed by atoms with Crippen LogP contribution in [0, 0.1) is 6.92 Å². The number of hydrogen-bond donors (Lipinski definition) is 1. The maximum Gasteiger partial charge on any atom is 0.303 e. The van der Waals surface area contributed by atoms with Crippen LogP contribution in [0.3, 0.4) is 0 Å². The van der Waals surface area contributed by atoms with Gasteiger partial charge in [0.05, 0.1) is 0 Å². The summed E-state index contributed by atoms with van der Waals surface area (Å²) in [4.78, 5) is 12.8. The number of nitrogens with zero attached hydrogens (tertiary/aromatic N) is 1. The van der Waals surface area contributed by atoms with Gasteiger partial charge in [0.25, 0.3) is 0 Å². The predicted molar refractivity (Wildman–Crippen MR) is 78.6 cm³/mol. The van der Waals surface area contributed by atoms with E-state index < -0.39 is 5.97 Å². The summed E-state index contributed by atoms with van der Waals surface area (Å²) in [6.45, 7) is 7.82. The van der Waals surface area contributed by atoms with E-state index in [1.807, 2.05) is 19.1 Å². The normalized spacial score (nSPS) is 11.3. The number of rotatable bonds is 7. The molecule has 106 valence electrons. The molecule has 0 aliphatic carbocycles. The Kier molecular flexibility index (Phi) is 6.32. The summed E-state index contributed by atoms with van der Waals surface area (Å²) < 4.78 is 0. The van der Waals surface area contributed by atoms with Crippen molar-refractivity contribution in [1.29, 1.82) is 0 Å². The van der Waals surface area contributed by atoms with Crippen LogP contribution < -0.4 is 0 Å². The van der Waals surface area contributed by atoms with Crippen LogP contribution in [0.4, 0.5) is 0 Å². The Morgan fingerprint density at radius 1 is 1.42 bits per heavy atom. The highest BCUT2D eigenvalue weighted by Crippen LogP contribution is 2.18. The topological polar surface area (TPSA) is 40.5 Å². The molecule has 1 aromatic carbocycles. The van der Waals surface area contributed by atoms with Crippen LogP contribution in [-0.2, 0) is 11.3 Å². The zero-order valence-electron chi connectivity index (χ0n) is 11.8. The van der Waals surface area contributed by atoms with E-state index in [9.17, 15) is 4.79 Å². The lowest BCUT2D eigenvalue weighted by Crippen LogP contribution is -2.31. The summed E-state index contributed by atoms with van der Waals surface area (Å²) in [5.41, 5.74) is 2.24. The second-order valence-corrected chi connectivity index (χ2v) is 5.55. The minimum atomic E-state index is -0.734. The molecule has 0 amide bonds. The summed E-state index contributed by atoms with van der Waals surface area (Å²) in [5.74, 6) is -0.734. The maximum absolute atomic E-state index is 10.6. The molecule has 0 fully saturated rings. The van der Waals surface area contributed by atoms with Crippen LogP contribution in [-0.4, -0.2) is 28.6 Å². The molecule has 19 heavy (non-hydrogen) atoms. The van der Waals surface area contributed by atoms with Gasteiger partial charge in [-0.15, -0.1) is 0 Å². The maximum atomic E-state index is 10.6. The van der Waals surface area contributed by atoms with E-state index in [0.29, 0.717) is 12.5 Å². The molecule has 0 aromatic heterocycles. The predicted octanol–water partition coefficient (Wildman–Crippen LogP) is 3.72. The van der Waals surface area contributed by atoms with E-state index in [4.69, 9.17) is 16.7 Å². The highest BCUT2D eigenvalue weighted by atomic mass is 35.5. The molecule has 1 N–H and O–H groups in total. The molecule has 0 radical (unpaired) electrons. The molecule has 0 saturated heterocycles. The number of carboxylic acids is 1. The Balaban J connectivity index is 2.62. The summed E-state index contributed by atoms with van der Waals surface area (Å²) in [6, 6.07) is 6.47. The van der Waals surface area contributed by atoms with Gasteiger partial charge in [-0.05, 0) is 50.9 Å². The standard InChI is InChI=1S/C15H22ClNO2/c1-11(2)17(8-4-5-15(18)19)10-13-7-6-12(3)14(16)9-13/h6-7,9,11H,4-5,8,10H2,1-3H3,(H,18,19). The molecule has 0 spiro atoms. The van der Waals surface area contributed by atoms with E-state index in [0.717, 1.165) is 23.7 Å². The third-order valence-electron chi connectivity index (χ3n) is 3.19. The second-order valence-electron chi connectivity index (χ2n) is 5.15. The van der Waals surface area contributed by atoms with Crippen molar-refractivity contribution >= 4 is 17.6 Å². The number of aryl methyl sites for hydroxylation is 1. The molecule has 0 bridgehead atoms. The van der Waals surface area contributed by atoms with E-state index in [-0.39, 0.29) is 6.42 Å². The Morgan fingerprint density at radius 2 is 2.11 bits per heavy atom. The lowest BCUT2D eigenvalue weighted by atomic mass is 10.1. The Hall–Kier alpha value is -1.06. The number of benzene rings is 1. The van der Waals surface area contributed by atoms with Crippen LogP contribution in [0.5, 0.6) is 0 Å². The number of hydrogen-bond acceptors (Lipinski definition) is 2. The average Bonchev–Trinajstić information content (AvgIpc) is 2.32. The first kappa shape index (κ1) is 16.0. The third-order valence-corrected chi connectivity index (χ3v) is 3.60. The second kappa shape index (κ2) is 7.51. The van der Waals surface area contributed by atoms with Crippen LogP contribution in [0.1, 0.15) is 37.8 Å². The van der Waals surface area contributed by atoms with Crippen LogP contribution in [0.25, 0.3) is 0 Å². The average molecular weight is 284 g/mol. The van der Waals surface area contributed by atoms with Crippen LogP contribution in [0.15, 0.2) is 18.2 Å². The van der Waals surface area contributed by atoms with Crippen LogP contribution >= 0.6 is 11.6 Å². The first-order valence-electron chi connectivity index (χ1n) is 6.61. The number of halogens is 1. The van der Waals surface area contributed by atoms with Gasteiger partial charge in [-0.2, -0.15) is 0 Å². The van der Waals surface area contributed by atoms with Crippen molar-refractivity contribution in [1.82, 2.24) is 4.90 Å². The highest BCUT2D eigenvalue weighted by molar-refractivity contribution is 6.31. The molecule has 0 saturated carbocycles. The van der Waals surface area contributed by atoms with Crippen molar-refractivity contribution in [2.24, 2.45) is 0 Å². The van der Waals surface area contributed by atoms with E-state index in [1.54, 1.807) is 0 Å². The van der Waals surface area contributed by atoms with Crippen LogP contribution in [0.2, 0.25) is 5.02 Å². The summed E-state index contributed by atoms with van der Waals surface area (Å²) >= 11 is 6.13. The number of carbonyl (C=O) groups is 1. The smallest absolute Gasteiger partial charge is 0.303 e. The van der Waals surface area contributed by atoms with Crippen molar-refractivity contribution < 1.29 is 9.90 Å². The molecular formula is C15H22ClNO2. The summed E-state index contributed by atoms with van der Waals surface area (Å²) in [5, 5.41) is 9.47. The molecule has 0 atom stereocenters. The van der Waals surface area contributed by atoms with Gasteiger partial charge in [-0.3, -0.25) is 9.69 Å². The van der Waals surface area contributed by atoms with Gasteiger partial charge >= 0.3 is 5.97 Å². The molecule has 4 heteroatoms. The Morgan fingerprint density at radius 3 is 2.63 bits per heavy atom. The van der Waals surface area contributed by atoms with Crippen molar-refractivity contribution in [3.05, 3.63) is 34.3 Å². The van der Waals surface area contributed by atoms with Crippen molar-refractivity contribution in [2.75, 3.05) is 6.54 Å². The molecule has 0 unspecified atom stereocenters. The molecular weight excluding hydrogens is 262 g/mol. The lowest BCUT2D eigenvalue weighted by molar-refractivity contribution is -0.137. The SMILES string of the molecule is Cc1ccc(CN(CCCC(=O)O)C(C)C)cc1Cl. The van der Waals surface area contributed by atoms with E-state index in [2.05, 4.69) is 24.8 Å². The monoisotopic (exact) mass is 283 g/mol. The molecule has 1 aromatic rings. The third kappa shape index (κ3) is 5.62. The van der Waals surface area contributed by atoms with Crippen molar-refractivity contribution in [3.63, 3.8) is 0 Å². The number of carboxylic acid groups (broad SMARTS) is 1. The fourth-order valence-corrected chi connectivity index (χ4v) is 2.13. The van der Waals surface area contributed by atoms with Gasteiger partial charge in [0.2, 0.25) is 0 Å². The van der Waals surface area contributed by atoms with E-state index in [1.165, 1.54) is 5.56 Å². The van der Waals surface area contributed by atoms with Gasteiger partial charge in [-0.1, -0.05) is 23.7 Å². The van der Waals surface area contributed by atoms with Gasteiger partial charge in [0.15, 0.2) is 0 Å². The van der Waals surface area contributed by atoms with Gasteiger partial charge in [0.1, 0.15) is 0 Å². The lowest BCUT2D eigenvalue weighted by Gasteiger charge is -2.26. The minimum Gasteiger partial charge on any atom is -0.481 e. The van der Waals surface area contributed by atoms with Gasteiger partial charge in [-0.25, -0.2) is 0 Å². The summed E-state index contributed by atoms with van der Waals surface area (Å²) in [7, 11) is 0. The fraction of sp³-hybridized carbons (Fsp3) is 0.533. The Bertz CT molecular complexity index is 432. The zero-order valence-corrected chi connectivity index (χ0v) is 12.6. The van der Waals surface area contributed by atoms with Crippen molar-refractivity contribution in [3.8, 4) is 0 Å². The zero-order chi connectivity index (χ0) is 14.4. The van der Waals surface area contributed by atoms with Gasteiger partial charge < -0.3 is 5.11 Å². The van der Waals surface area contributed by atoms with Crippen molar-refractivity contribution in [2.45, 2.75) is 46.2 Å². The molecule has 1 rings (SSSR count). The summed E-state index contributed by atoms with van der Waals surface area (Å²) in [6.07, 6.45) is 0.894. The van der Waals surface area contributed by atoms with E-state index >= 15 is 0 Å². The largest absolute Gasteiger partial charge is 0.481 e. The molecule has 3 nitrogen and oxygen atoms in total. The van der Waals surface area contributed by atoms with Gasteiger partial charge in [0, 0.05) is 24.0 Å². The fourth-order valence-electron chi connectivity index (χ4n) is 1.92. The highest BCUT2D eigenvalue weighted by Gasteiger charge is 2.11. The minimum absolute atomic E-state index is 0.220. The molecule has 0 aliphatic rings. The molecule has 0 heterocycles. The number of aliphatic carboxylic acids is 1. The first-order chi connectivity index (χ1) is 8.90.